The van der Waals surface area contributed by atoms with Crippen LogP contribution in [0.1, 0.15) is 18.0 Å². The zero-order chi connectivity index (χ0) is 17.5. The molecule has 0 bridgehead atoms. The van der Waals surface area contributed by atoms with E-state index in [4.69, 9.17) is 27.9 Å². The van der Waals surface area contributed by atoms with Crippen molar-refractivity contribution in [2.45, 2.75) is 12.3 Å². The quantitative estimate of drug-likeness (QED) is 0.502. The molecule has 1 aromatic carbocycles. The van der Waals surface area contributed by atoms with Gasteiger partial charge in [0.2, 0.25) is 0 Å². The number of hydrogen-bond acceptors (Lipinski definition) is 5. The van der Waals surface area contributed by atoms with Crippen molar-refractivity contribution in [2.24, 2.45) is 0 Å². The van der Waals surface area contributed by atoms with E-state index in [1.165, 1.54) is 6.33 Å². The minimum absolute atomic E-state index is 0.147. The lowest BCUT2D eigenvalue weighted by molar-refractivity contribution is 0.166. The van der Waals surface area contributed by atoms with Gasteiger partial charge in [-0.3, -0.25) is 5.32 Å². The predicted octanol–water partition coefficient (Wildman–Crippen LogP) is 4.85. The maximum Gasteiger partial charge on any atom is 0.411 e. The van der Waals surface area contributed by atoms with Gasteiger partial charge in [0.25, 0.3) is 0 Å². The van der Waals surface area contributed by atoms with Crippen molar-refractivity contribution in [1.29, 1.82) is 0 Å². The molecule has 0 aliphatic carbocycles. The van der Waals surface area contributed by atoms with E-state index in [1.807, 2.05) is 12.1 Å². The Morgan fingerprint density at radius 2 is 2.04 bits per heavy atom. The van der Waals surface area contributed by atoms with Gasteiger partial charge >= 0.3 is 6.09 Å². The molecule has 6 nitrogen and oxygen atoms in total. The molecule has 0 aliphatic rings. The lowest BCUT2D eigenvalue weighted by Gasteiger charge is -2.11. The Morgan fingerprint density at radius 3 is 2.71 bits per heavy atom. The largest absolute Gasteiger partial charge is 0.447 e. The van der Waals surface area contributed by atoms with E-state index in [9.17, 15) is 4.79 Å². The molecule has 1 atom stereocenters. The summed E-state index contributed by atoms with van der Waals surface area (Å²) >= 11 is 15.5. The van der Waals surface area contributed by atoms with E-state index in [1.54, 1.807) is 19.1 Å². The van der Waals surface area contributed by atoms with Gasteiger partial charge in [0.05, 0.1) is 17.6 Å². The van der Waals surface area contributed by atoms with Crippen LogP contribution in [0.3, 0.4) is 0 Å². The van der Waals surface area contributed by atoms with Crippen molar-refractivity contribution in [2.75, 3.05) is 23.8 Å². The molecule has 2 rings (SSSR count). The van der Waals surface area contributed by atoms with E-state index < -0.39 is 6.09 Å². The number of halogens is 3. The summed E-state index contributed by atoms with van der Waals surface area (Å²) in [5.74, 6) is 0.450. The number of alkyl halides is 1. The molecule has 0 saturated heterocycles. The van der Waals surface area contributed by atoms with E-state index in [0.29, 0.717) is 28.8 Å². The Morgan fingerprint density at radius 1 is 1.33 bits per heavy atom. The van der Waals surface area contributed by atoms with Crippen LogP contribution in [0.5, 0.6) is 0 Å². The number of aromatic nitrogens is 2. The molecule has 0 fully saturated rings. The molecule has 0 radical (unpaired) electrons. The smallest absolute Gasteiger partial charge is 0.411 e. The molecule has 24 heavy (non-hydrogen) atoms. The first-order valence-electron chi connectivity index (χ1n) is 7.05. The Bertz CT molecular complexity index is 698. The number of amides is 1. The number of ether oxygens (including phenoxy) is 1. The van der Waals surface area contributed by atoms with Crippen molar-refractivity contribution in [3.05, 3.63) is 45.8 Å². The van der Waals surface area contributed by atoms with Gasteiger partial charge in [0, 0.05) is 10.2 Å². The van der Waals surface area contributed by atoms with E-state index in [0.717, 1.165) is 4.47 Å². The van der Waals surface area contributed by atoms with Crippen LogP contribution in [0.15, 0.2) is 35.1 Å². The fourth-order valence-corrected chi connectivity index (χ4v) is 2.60. The summed E-state index contributed by atoms with van der Waals surface area (Å²) < 4.78 is 6.01. The van der Waals surface area contributed by atoms with Gasteiger partial charge in [-0.15, -0.1) is 11.6 Å². The molecule has 0 spiro atoms. The number of anilines is 2. The van der Waals surface area contributed by atoms with Crippen LogP contribution in [0.4, 0.5) is 16.3 Å². The molecule has 1 heterocycles. The number of nitrogens with one attached hydrogen (secondary N) is 2. The first kappa shape index (κ1) is 18.8. The minimum Gasteiger partial charge on any atom is -0.447 e. The second-order valence-electron chi connectivity index (χ2n) is 4.73. The fraction of sp³-hybridized carbons (Fsp3) is 0.267. The number of hydrogen-bond donors (Lipinski definition) is 2. The lowest BCUT2D eigenvalue weighted by atomic mass is 10.3. The third-order valence-corrected chi connectivity index (χ3v) is 4.02. The highest BCUT2D eigenvalue weighted by Crippen LogP contribution is 2.29. The highest BCUT2D eigenvalue weighted by molar-refractivity contribution is 9.10. The van der Waals surface area contributed by atoms with Crippen molar-refractivity contribution >= 4 is 56.7 Å². The van der Waals surface area contributed by atoms with Crippen LogP contribution in [-0.4, -0.2) is 29.2 Å². The molecule has 9 heteroatoms. The van der Waals surface area contributed by atoms with Crippen molar-refractivity contribution in [3.8, 4) is 0 Å². The zero-order valence-corrected chi connectivity index (χ0v) is 15.8. The average Bonchev–Trinajstić information content (AvgIpc) is 2.55. The van der Waals surface area contributed by atoms with Crippen LogP contribution < -0.4 is 10.6 Å². The SMILES string of the molecule is CC(Cl)c1ncnc(NCCOC(=O)Nc2ccc(Br)cc2)c1Cl. The summed E-state index contributed by atoms with van der Waals surface area (Å²) in [6.45, 7) is 2.27. The van der Waals surface area contributed by atoms with Gasteiger partial charge in [0.1, 0.15) is 23.8 Å². The van der Waals surface area contributed by atoms with Crippen molar-refractivity contribution in [3.63, 3.8) is 0 Å². The van der Waals surface area contributed by atoms with E-state index >= 15 is 0 Å². The van der Waals surface area contributed by atoms with E-state index in [-0.39, 0.29) is 12.0 Å². The Kier molecular flexibility index (Phi) is 7.08. The number of carbonyl (C=O) groups is 1. The number of carbonyl (C=O) groups excluding carboxylic acids is 1. The standard InChI is InChI=1S/C15H15BrCl2N4O2/c1-9(17)13-12(18)14(21-8-20-13)19-6-7-24-15(23)22-11-4-2-10(16)3-5-11/h2-5,8-9H,6-7H2,1H3,(H,22,23)(H,19,20,21). The third-order valence-electron chi connectivity index (χ3n) is 2.91. The minimum atomic E-state index is -0.539. The Balaban J connectivity index is 1.77. The molecule has 2 N–H and O–H groups in total. The average molecular weight is 434 g/mol. The monoisotopic (exact) mass is 432 g/mol. The molecule has 1 unspecified atom stereocenters. The van der Waals surface area contributed by atoms with Crippen LogP contribution >= 0.6 is 39.1 Å². The summed E-state index contributed by atoms with van der Waals surface area (Å²) in [6.07, 6.45) is 0.840. The highest BCUT2D eigenvalue weighted by Gasteiger charge is 2.13. The topological polar surface area (TPSA) is 76.1 Å². The normalized spacial score (nSPS) is 11.7. The molecule has 1 amide bonds. The van der Waals surface area contributed by atoms with Gasteiger partial charge in [-0.2, -0.15) is 0 Å². The Hall–Kier alpha value is -1.57. The molecule has 2 aromatic rings. The van der Waals surface area contributed by atoms with Crippen LogP contribution in [0.2, 0.25) is 5.02 Å². The lowest BCUT2D eigenvalue weighted by Crippen LogP contribution is -2.19. The molecule has 128 valence electrons. The zero-order valence-electron chi connectivity index (χ0n) is 12.7. The summed E-state index contributed by atoms with van der Waals surface area (Å²) in [6, 6.07) is 7.17. The second kappa shape index (κ2) is 9.05. The Labute approximate surface area is 158 Å². The summed E-state index contributed by atoms with van der Waals surface area (Å²) in [7, 11) is 0. The second-order valence-corrected chi connectivity index (χ2v) is 6.68. The summed E-state index contributed by atoms with van der Waals surface area (Å²) in [4.78, 5) is 19.8. The maximum absolute atomic E-state index is 11.7. The van der Waals surface area contributed by atoms with Crippen molar-refractivity contribution in [1.82, 2.24) is 9.97 Å². The first-order chi connectivity index (χ1) is 11.5. The van der Waals surface area contributed by atoms with Gasteiger partial charge in [-0.1, -0.05) is 27.5 Å². The molecular weight excluding hydrogens is 419 g/mol. The van der Waals surface area contributed by atoms with Gasteiger partial charge in [-0.25, -0.2) is 14.8 Å². The molecule has 1 aromatic heterocycles. The summed E-state index contributed by atoms with van der Waals surface area (Å²) in [5.41, 5.74) is 1.19. The van der Waals surface area contributed by atoms with Crippen LogP contribution in [0.25, 0.3) is 0 Å². The maximum atomic E-state index is 11.7. The van der Waals surface area contributed by atoms with Gasteiger partial charge in [-0.05, 0) is 31.2 Å². The highest BCUT2D eigenvalue weighted by atomic mass is 79.9. The van der Waals surface area contributed by atoms with Gasteiger partial charge < -0.3 is 10.1 Å². The number of nitrogens with zero attached hydrogens (tertiary/aromatic N) is 2. The number of benzene rings is 1. The van der Waals surface area contributed by atoms with E-state index in [2.05, 4.69) is 36.5 Å². The molecule has 0 saturated carbocycles. The third kappa shape index (κ3) is 5.51. The molecule has 0 aliphatic heterocycles. The van der Waals surface area contributed by atoms with Crippen molar-refractivity contribution < 1.29 is 9.53 Å². The van der Waals surface area contributed by atoms with Crippen LogP contribution in [-0.2, 0) is 4.74 Å². The van der Waals surface area contributed by atoms with Gasteiger partial charge in [0.15, 0.2) is 0 Å². The fourth-order valence-electron chi connectivity index (χ4n) is 1.78. The first-order valence-corrected chi connectivity index (χ1v) is 8.66. The molecular formula is C15H15BrCl2N4O2. The van der Waals surface area contributed by atoms with Crippen LogP contribution in [0, 0.1) is 0 Å². The summed E-state index contributed by atoms with van der Waals surface area (Å²) in [5, 5.41) is 5.64. The number of rotatable bonds is 6. The predicted molar refractivity (Wildman–Crippen MR) is 98.9 cm³/mol.